The maximum absolute atomic E-state index is 13.1. The van der Waals surface area contributed by atoms with E-state index in [0.717, 1.165) is 22.5 Å². The molecule has 5 heteroatoms. The first-order chi connectivity index (χ1) is 16.8. The Labute approximate surface area is 206 Å². The molecule has 4 rings (SSSR count). The standard InChI is InChI=1S/C30H29NO4/c1-30(2)25-15-9-10-16-26(25)31(3)28(30)19-23(32)20-35-29(33)24(21-12-6-5-7-13-21)18-22-14-8-11-17-27(22)34-4/h5-19H,20H2,1-4H3. The number of likely N-dealkylation sites (N-methyl/N-ethyl adjacent to an activating group) is 1. The summed E-state index contributed by atoms with van der Waals surface area (Å²) >= 11 is 0. The van der Waals surface area contributed by atoms with Crippen LogP contribution in [0.1, 0.15) is 30.5 Å². The topological polar surface area (TPSA) is 55.8 Å². The number of carbonyl (C=O) groups is 2. The number of nitrogens with zero attached hydrogens (tertiary/aromatic N) is 1. The van der Waals surface area contributed by atoms with Gasteiger partial charge in [0.05, 0.1) is 12.7 Å². The largest absolute Gasteiger partial charge is 0.496 e. The van der Waals surface area contributed by atoms with Gasteiger partial charge in [0.15, 0.2) is 12.4 Å². The molecule has 1 aliphatic heterocycles. The van der Waals surface area contributed by atoms with E-state index in [1.807, 2.05) is 84.7 Å². The fourth-order valence-corrected chi connectivity index (χ4v) is 4.49. The zero-order valence-corrected chi connectivity index (χ0v) is 20.4. The van der Waals surface area contributed by atoms with Crippen molar-refractivity contribution in [1.82, 2.24) is 0 Å². The van der Waals surface area contributed by atoms with E-state index in [4.69, 9.17) is 9.47 Å². The highest BCUT2D eigenvalue weighted by molar-refractivity contribution is 6.22. The summed E-state index contributed by atoms with van der Waals surface area (Å²) in [5.41, 5.74) is 4.55. The van der Waals surface area contributed by atoms with Gasteiger partial charge in [-0.15, -0.1) is 0 Å². The minimum absolute atomic E-state index is 0.272. The van der Waals surface area contributed by atoms with Crippen LogP contribution in [0.25, 0.3) is 11.6 Å². The molecular formula is C30H29NO4. The molecule has 0 amide bonds. The van der Waals surface area contributed by atoms with E-state index >= 15 is 0 Å². The number of esters is 1. The molecule has 0 saturated carbocycles. The lowest BCUT2D eigenvalue weighted by Gasteiger charge is -2.23. The maximum Gasteiger partial charge on any atom is 0.339 e. The lowest BCUT2D eigenvalue weighted by molar-refractivity contribution is -0.140. The van der Waals surface area contributed by atoms with Crippen molar-refractivity contribution in [3.05, 3.63) is 107 Å². The van der Waals surface area contributed by atoms with E-state index < -0.39 is 5.97 Å². The summed E-state index contributed by atoms with van der Waals surface area (Å²) in [6.45, 7) is 3.83. The molecule has 35 heavy (non-hydrogen) atoms. The molecule has 5 nitrogen and oxygen atoms in total. The second-order valence-corrected chi connectivity index (χ2v) is 8.94. The van der Waals surface area contributed by atoms with Crippen LogP contribution >= 0.6 is 0 Å². The monoisotopic (exact) mass is 467 g/mol. The number of methoxy groups -OCH3 is 1. The second kappa shape index (κ2) is 10.0. The van der Waals surface area contributed by atoms with Gasteiger partial charge in [0.25, 0.3) is 0 Å². The van der Waals surface area contributed by atoms with Gasteiger partial charge in [-0.05, 0) is 29.3 Å². The van der Waals surface area contributed by atoms with Crippen molar-refractivity contribution in [2.24, 2.45) is 0 Å². The molecule has 3 aromatic rings. The smallest absolute Gasteiger partial charge is 0.339 e. The maximum atomic E-state index is 13.1. The molecule has 0 N–H and O–H groups in total. The Morgan fingerprint density at radius 3 is 2.29 bits per heavy atom. The lowest BCUT2D eigenvalue weighted by Crippen LogP contribution is -2.25. The van der Waals surface area contributed by atoms with Crippen molar-refractivity contribution in [3.8, 4) is 5.75 Å². The Morgan fingerprint density at radius 1 is 0.914 bits per heavy atom. The number of hydrogen-bond acceptors (Lipinski definition) is 5. The number of rotatable bonds is 7. The third kappa shape index (κ3) is 4.90. The molecule has 0 saturated heterocycles. The SMILES string of the molecule is COc1ccccc1C=C(C(=O)OCC(=O)C=C1N(C)c2ccccc2C1(C)C)c1ccccc1. The van der Waals surface area contributed by atoms with Crippen LogP contribution in [-0.2, 0) is 19.7 Å². The van der Waals surface area contributed by atoms with Crippen LogP contribution in [0.5, 0.6) is 5.75 Å². The molecule has 0 bridgehead atoms. The molecule has 3 aromatic carbocycles. The van der Waals surface area contributed by atoms with E-state index in [2.05, 4.69) is 19.9 Å². The molecule has 0 spiro atoms. The number of ketones is 1. The summed E-state index contributed by atoms with van der Waals surface area (Å²) in [4.78, 5) is 28.1. The summed E-state index contributed by atoms with van der Waals surface area (Å²) in [6, 6.07) is 24.8. The van der Waals surface area contributed by atoms with Crippen molar-refractivity contribution in [3.63, 3.8) is 0 Å². The third-order valence-electron chi connectivity index (χ3n) is 6.33. The average Bonchev–Trinajstić information content (AvgIpc) is 3.07. The number of hydrogen-bond donors (Lipinski definition) is 0. The number of allylic oxidation sites excluding steroid dienone is 1. The Hall–Kier alpha value is -4.12. The van der Waals surface area contributed by atoms with Crippen LogP contribution < -0.4 is 9.64 Å². The van der Waals surface area contributed by atoms with Gasteiger partial charge >= 0.3 is 5.97 Å². The van der Waals surface area contributed by atoms with E-state index in [1.54, 1.807) is 19.3 Å². The fraction of sp³-hybridized carbons (Fsp3) is 0.200. The molecule has 0 aliphatic carbocycles. The van der Waals surface area contributed by atoms with Crippen molar-refractivity contribution < 1.29 is 19.1 Å². The van der Waals surface area contributed by atoms with E-state index in [1.165, 1.54) is 0 Å². The summed E-state index contributed by atoms with van der Waals surface area (Å²) in [7, 11) is 3.53. The summed E-state index contributed by atoms with van der Waals surface area (Å²) in [5.74, 6) is -0.206. The van der Waals surface area contributed by atoms with Gasteiger partial charge in [-0.3, -0.25) is 4.79 Å². The number of ether oxygens (including phenoxy) is 2. The van der Waals surface area contributed by atoms with Crippen molar-refractivity contribution in [2.75, 3.05) is 25.7 Å². The zero-order valence-electron chi connectivity index (χ0n) is 20.4. The zero-order chi connectivity index (χ0) is 25.0. The van der Waals surface area contributed by atoms with Gasteiger partial charge < -0.3 is 14.4 Å². The molecular weight excluding hydrogens is 438 g/mol. The van der Waals surface area contributed by atoms with Gasteiger partial charge in [0.2, 0.25) is 0 Å². The average molecular weight is 468 g/mol. The summed E-state index contributed by atoms with van der Waals surface area (Å²) in [6.07, 6.45) is 3.31. The highest BCUT2D eigenvalue weighted by Crippen LogP contribution is 2.46. The normalized spacial score (nSPS) is 15.6. The minimum Gasteiger partial charge on any atom is -0.496 e. The van der Waals surface area contributed by atoms with Crippen LogP contribution in [0.4, 0.5) is 5.69 Å². The van der Waals surface area contributed by atoms with Crippen LogP contribution in [0.3, 0.4) is 0 Å². The van der Waals surface area contributed by atoms with Gasteiger partial charge in [0.1, 0.15) is 5.75 Å². The molecule has 0 atom stereocenters. The van der Waals surface area contributed by atoms with Crippen LogP contribution in [-0.4, -0.2) is 32.5 Å². The Balaban J connectivity index is 1.56. The number of benzene rings is 3. The van der Waals surface area contributed by atoms with E-state index in [9.17, 15) is 9.59 Å². The molecule has 0 radical (unpaired) electrons. The van der Waals surface area contributed by atoms with Crippen LogP contribution in [0.2, 0.25) is 0 Å². The van der Waals surface area contributed by atoms with Gasteiger partial charge in [-0.25, -0.2) is 4.79 Å². The summed E-state index contributed by atoms with van der Waals surface area (Å²) < 4.78 is 10.9. The minimum atomic E-state index is -0.573. The molecule has 0 unspecified atom stereocenters. The van der Waals surface area contributed by atoms with Crippen molar-refractivity contribution in [2.45, 2.75) is 19.3 Å². The van der Waals surface area contributed by atoms with E-state index in [0.29, 0.717) is 16.9 Å². The summed E-state index contributed by atoms with van der Waals surface area (Å²) in [5, 5.41) is 0. The van der Waals surface area contributed by atoms with E-state index in [-0.39, 0.29) is 17.8 Å². The van der Waals surface area contributed by atoms with Crippen molar-refractivity contribution in [1.29, 1.82) is 0 Å². The molecule has 0 fully saturated rings. The molecule has 0 aromatic heterocycles. The number of para-hydroxylation sites is 2. The number of anilines is 1. The lowest BCUT2D eigenvalue weighted by atomic mass is 9.83. The first kappa shape index (κ1) is 24.0. The molecule has 178 valence electrons. The highest BCUT2D eigenvalue weighted by Gasteiger charge is 2.38. The van der Waals surface area contributed by atoms with Crippen LogP contribution in [0.15, 0.2) is 90.6 Å². The number of fused-ring (bicyclic) bond motifs is 1. The quantitative estimate of drug-likeness (QED) is 0.255. The van der Waals surface area contributed by atoms with Gasteiger partial charge in [0, 0.05) is 35.5 Å². The Bertz CT molecular complexity index is 1300. The fourth-order valence-electron chi connectivity index (χ4n) is 4.49. The van der Waals surface area contributed by atoms with Gasteiger partial charge in [-0.1, -0.05) is 80.6 Å². The molecule has 1 heterocycles. The van der Waals surface area contributed by atoms with Crippen LogP contribution in [0, 0.1) is 0 Å². The first-order valence-electron chi connectivity index (χ1n) is 11.5. The predicted octanol–water partition coefficient (Wildman–Crippen LogP) is 5.66. The Kier molecular flexibility index (Phi) is 6.87. The second-order valence-electron chi connectivity index (χ2n) is 8.94. The first-order valence-corrected chi connectivity index (χ1v) is 11.5. The third-order valence-corrected chi connectivity index (χ3v) is 6.33. The predicted molar refractivity (Wildman–Crippen MR) is 139 cm³/mol. The van der Waals surface area contributed by atoms with Gasteiger partial charge in [-0.2, -0.15) is 0 Å². The van der Waals surface area contributed by atoms with Crippen molar-refractivity contribution >= 4 is 29.1 Å². The highest BCUT2D eigenvalue weighted by atomic mass is 16.5. The Morgan fingerprint density at radius 2 is 1.57 bits per heavy atom. The molecule has 1 aliphatic rings. The number of carbonyl (C=O) groups excluding carboxylic acids is 2.